The minimum Gasteiger partial charge on any atom is -0.366 e. The molecule has 0 radical (unpaired) electrons. The Kier molecular flexibility index (Phi) is 4.55. The van der Waals surface area contributed by atoms with Crippen molar-refractivity contribution in [1.29, 1.82) is 0 Å². The summed E-state index contributed by atoms with van der Waals surface area (Å²) >= 11 is 0. The smallest absolute Gasteiger partial charge is 0.253 e. The molecule has 0 amide bonds. The summed E-state index contributed by atoms with van der Waals surface area (Å²) in [6.07, 6.45) is 3.06. The third-order valence-corrected chi connectivity index (χ3v) is 4.78. The van der Waals surface area contributed by atoms with E-state index < -0.39 is 29.2 Å². The van der Waals surface area contributed by atoms with Gasteiger partial charge in [-0.05, 0) is 18.4 Å². The molecule has 3 heterocycles. The molecule has 0 saturated carbocycles. The maximum Gasteiger partial charge on any atom is 0.253 e. The molecule has 0 aliphatic carbocycles. The van der Waals surface area contributed by atoms with Crippen LogP contribution >= 0.6 is 0 Å². The molecule has 1 atom stereocenters. The van der Waals surface area contributed by atoms with Crippen LogP contribution in [0.2, 0.25) is 0 Å². The fraction of sp³-hybridized carbons (Fsp3) is 0.263. The Morgan fingerprint density at radius 2 is 1.70 bits per heavy atom. The first kappa shape index (κ1) is 17.5. The number of imidazole rings is 1. The second-order valence-corrected chi connectivity index (χ2v) is 6.50. The van der Waals surface area contributed by atoms with Gasteiger partial charge in [-0.25, -0.2) is 4.98 Å². The quantitative estimate of drug-likeness (QED) is 0.544. The van der Waals surface area contributed by atoms with Crippen LogP contribution in [-0.2, 0) is 0 Å². The summed E-state index contributed by atoms with van der Waals surface area (Å²) in [5, 5.41) is 0. The molecule has 140 valence electrons. The highest BCUT2D eigenvalue weighted by Gasteiger charge is 2.30. The lowest BCUT2D eigenvalue weighted by Crippen LogP contribution is -2.36. The molecule has 2 aromatic heterocycles. The molecule has 1 aliphatic heterocycles. The summed E-state index contributed by atoms with van der Waals surface area (Å²) in [6, 6.07) is 9.62. The predicted molar refractivity (Wildman–Crippen MR) is 92.3 cm³/mol. The van der Waals surface area contributed by atoms with E-state index in [-0.39, 0.29) is 12.5 Å². The standard InChI is InChI=1S/C19H16F4N4/c20-14-16(15(21)18(23)26-17(14)22)27-8-4-7-12(10-27)19-24-9-13(25-19)11-5-2-1-3-6-11/h1-3,5-6,9,12H,4,7-8,10H2,(H,24,25). The van der Waals surface area contributed by atoms with Gasteiger partial charge in [0.25, 0.3) is 11.9 Å². The maximum absolute atomic E-state index is 14.1. The Balaban J connectivity index is 1.61. The normalized spacial score (nSPS) is 17.3. The molecule has 1 fully saturated rings. The van der Waals surface area contributed by atoms with Crippen LogP contribution in [0.1, 0.15) is 24.6 Å². The number of aromatic amines is 1. The van der Waals surface area contributed by atoms with E-state index in [2.05, 4.69) is 15.0 Å². The van der Waals surface area contributed by atoms with Crippen molar-refractivity contribution in [2.75, 3.05) is 18.0 Å². The molecule has 1 saturated heterocycles. The van der Waals surface area contributed by atoms with Gasteiger partial charge in [-0.3, -0.25) is 0 Å². The molecule has 4 rings (SSSR count). The zero-order valence-electron chi connectivity index (χ0n) is 14.2. The van der Waals surface area contributed by atoms with Crippen molar-refractivity contribution in [2.45, 2.75) is 18.8 Å². The van der Waals surface area contributed by atoms with E-state index in [9.17, 15) is 17.6 Å². The fourth-order valence-corrected chi connectivity index (χ4v) is 3.47. The largest absolute Gasteiger partial charge is 0.366 e. The number of halogens is 4. The van der Waals surface area contributed by atoms with Gasteiger partial charge in [-0.15, -0.1) is 0 Å². The Morgan fingerprint density at radius 3 is 2.41 bits per heavy atom. The number of benzene rings is 1. The van der Waals surface area contributed by atoms with E-state index in [0.29, 0.717) is 18.8 Å². The van der Waals surface area contributed by atoms with Gasteiger partial charge in [0.2, 0.25) is 11.6 Å². The number of piperidine rings is 1. The van der Waals surface area contributed by atoms with E-state index in [1.165, 1.54) is 4.90 Å². The van der Waals surface area contributed by atoms with Crippen molar-refractivity contribution >= 4 is 5.69 Å². The maximum atomic E-state index is 14.1. The van der Waals surface area contributed by atoms with Crippen LogP contribution in [0, 0.1) is 23.5 Å². The van der Waals surface area contributed by atoms with Gasteiger partial charge < -0.3 is 9.88 Å². The van der Waals surface area contributed by atoms with Gasteiger partial charge in [0.15, 0.2) is 0 Å². The van der Waals surface area contributed by atoms with Crippen LogP contribution in [0.5, 0.6) is 0 Å². The van der Waals surface area contributed by atoms with Crippen LogP contribution in [0.3, 0.4) is 0 Å². The molecule has 1 aliphatic rings. The minimum absolute atomic E-state index is 0.144. The van der Waals surface area contributed by atoms with Gasteiger partial charge in [-0.2, -0.15) is 22.5 Å². The molecular formula is C19H16F4N4. The minimum atomic E-state index is -1.64. The van der Waals surface area contributed by atoms with E-state index in [4.69, 9.17) is 0 Å². The number of hydrogen-bond donors (Lipinski definition) is 1. The number of hydrogen-bond acceptors (Lipinski definition) is 3. The van der Waals surface area contributed by atoms with Crippen LogP contribution in [0.4, 0.5) is 23.2 Å². The topological polar surface area (TPSA) is 44.8 Å². The van der Waals surface area contributed by atoms with Gasteiger partial charge in [0.05, 0.1) is 11.9 Å². The Labute approximate surface area is 152 Å². The Morgan fingerprint density at radius 1 is 1.00 bits per heavy atom. The molecule has 1 unspecified atom stereocenters. The third-order valence-electron chi connectivity index (χ3n) is 4.78. The SMILES string of the molecule is Fc1nc(F)c(F)c(N2CCCC(c3ncc(-c4ccccc4)[nH]3)C2)c1F. The summed E-state index contributed by atoms with van der Waals surface area (Å²) in [6.45, 7) is 0.484. The van der Waals surface area contributed by atoms with Crippen molar-refractivity contribution in [3.8, 4) is 11.3 Å². The summed E-state index contributed by atoms with van der Waals surface area (Å²) < 4.78 is 55.0. The lowest BCUT2D eigenvalue weighted by atomic mass is 9.97. The molecule has 0 bridgehead atoms. The van der Waals surface area contributed by atoms with Crippen LogP contribution in [0.25, 0.3) is 11.3 Å². The van der Waals surface area contributed by atoms with Gasteiger partial charge >= 0.3 is 0 Å². The number of nitrogens with zero attached hydrogens (tertiary/aromatic N) is 3. The highest BCUT2D eigenvalue weighted by molar-refractivity contribution is 5.58. The third kappa shape index (κ3) is 3.27. The van der Waals surface area contributed by atoms with E-state index in [0.717, 1.165) is 17.7 Å². The number of nitrogens with one attached hydrogen (secondary N) is 1. The van der Waals surface area contributed by atoms with Crippen molar-refractivity contribution < 1.29 is 17.6 Å². The summed E-state index contributed by atoms with van der Waals surface area (Å²) in [5.41, 5.74) is 1.10. The summed E-state index contributed by atoms with van der Waals surface area (Å²) in [5.74, 6) is -5.70. The van der Waals surface area contributed by atoms with Crippen LogP contribution in [0.15, 0.2) is 36.5 Å². The van der Waals surface area contributed by atoms with Crippen molar-refractivity contribution in [3.63, 3.8) is 0 Å². The highest BCUT2D eigenvalue weighted by atomic mass is 19.2. The number of pyridine rings is 1. The number of aromatic nitrogens is 3. The molecule has 0 spiro atoms. The zero-order chi connectivity index (χ0) is 19.0. The second kappa shape index (κ2) is 7.02. The molecule has 4 nitrogen and oxygen atoms in total. The highest BCUT2D eigenvalue weighted by Crippen LogP contribution is 2.33. The predicted octanol–water partition coefficient (Wildman–Crippen LogP) is 4.41. The summed E-state index contributed by atoms with van der Waals surface area (Å²) in [7, 11) is 0. The average Bonchev–Trinajstić information content (AvgIpc) is 3.18. The molecule has 8 heteroatoms. The first-order valence-corrected chi connectivity index (χ1v) is 8.60. The lowest BCUT2D eigenvalue weighted by molar-refractivity contribution is 0.398. The van der Waals surface area contributed by atoms with E-state index in [1.54, 1.807) is 6.20 Å². The molecule has 1 aromatic carbocycles. The number of anilines is 1. The Hall–Kier alpha value is -2.90. The second-order valence-electron chi connectivity index (χ2n) is 6.50. The monoisotopic (exact) mass is 376 g/mol. The van der Waals surface area contributed by atoms with Crippen LogP contribution in [-0.4, -0.2) is 28.0 Å². The fourth-order valence-electron chi connectivity index (χ4n) is 3.47. The van der Waals surface area contributed by atoms with Gasteiger partial charge in [0.1, 0.15) is 11.5 Å². The number of rotatable bonds is 3. The van der Waals surface area contributed by atoms with Gasteiger partial charge in [-0.1, -0.05) is 30.3 Å². The molecule has 27 heavy (non-hydrogen) atoms. The zero-order valence-corrected chi connectivity index (χ0v) is 14.2. The molecular weight excluding hydrogens is 360 g/mol. The van der Waals surface area contributed by atoms with Crippen molar-refractivity contribution in [3.05, 3.63) is 65.9 Å². The van der Waals surface area contributed by atoms with E-state index in [1.807, 2.05) is 30.3 Å². The van der Waals surface area contributed by atoms with Crippen molar-refractivity contribution in [2.24, 2.45) is 0 Å². The number of H-pyrrole nitrogens is 1. The molecule has 3 aromatic rings. The Bertz CT molecular complexity index is 932. The lowest BCUT2D eigenvalue weighted by Gasteiger charge is -2.33. The first-order valence-electron chi connectivity index (χ1n) is 8.60. The summed E-state index contributed by atoms with van der Waals surface area (Å²) in [4.78, 5) is 11.6. The first-order chi connectivity index (χ1) is 13.0. The van der Waals surface area contributed by atoms with Crippen LogP contribution < -0.4 is 4.90 Å². The average molecular weight is 376 g/mol. The van der Waals surface area contributed by atoms with E-state index >= 15 is 0 Å². The van der Waals surface area contributed by atoms with Gasteiger partial charge in [0, 0.05) is 19.0 Å². The van der Waals surface area contributed by atoms with Crippen molar-refractivity contribution in [1.82, 2.24) is 15.0 Å². The molecule has 1 N–H and O–H groups in total.